The molecular formula is C19H22N2O3. The Bertz CT molecular complexity index is 745. The molecule has 1 aromatic heterocycles. The summed E-state index contributed by atoms with van der Waals surface area (Å²) in [5, 5.41) is 0. The van der Waals surface area contributed by atoms with Crippen molar-refractivity contribution in [2.24, 2.45) is 5.92 Å². The van der Waals surface area contributed by atoms with Crippen molar-refractivity contribution < 1.29 is 14.3 Å². The van der Waals surface area contributed by atoms with Crippen molar-refractivity contribution in [2.45, 2.75) is 19.9 Å². The number of pyridine rings is 1. The standard InChI is InChI=1S/C19H22N2O3/c1-13-9-14(7-8-20-13)11-21(2)19(22)16-10-15-5-4-6-17(23-3)18(15)24-12-16/h4-9,16H,10-12H2,1-3H3/t16-/m1/s1. The number of hydrogen-bond acceptors (Lipinski definition) is 4. The van der Waals surface area contributed by atoms with Gasteiger partial charge in [0, 0.05) is 25.5 Å². The number of carbonyl (C=O) groups is 1. The van der Waals surface area contributed by atoms with Gasteiger partial charge in [-0.25, -0.2) is 0 Å². The molecule has 2 aromatic rings. The predicted molar refractivity (Wildman–Crippen MR) is 91.1 cm³/mol. The van der Waals surface area contributed by atoms with Crippen molar-refractivity contribution in [1.29, 1.82) is 0 Å². The van der Waals surface area contributed by atoms with Crippen LogP contribution in [0.5, 0.6) is 11.5 Å². The van der Waals surface area contributed by atoms with Crippen LogP contribution in [0.15, 0.2) is 36.5 Å². The molecule has 0 bridgehead atoms. The number of para-hydroxylation sites is 1. The predicted octanol–water partition coefficient (Wildman–Crippen LogP) is 2.61. The minimum Gasteiger partial charge on any atom is -0.493 e. The van der Waals surface area contributed by atoms with E-state index in [4.69, 9.17) is 9.47 Å². The first-order valence-corrected chi connectivity index (χ1v) is 8.03. The molecular weight excluding hydrogens is 304 g/mol. The summed E-state index contributed by atoms with van der Waals surface area (Å²) in [5.41, 5.74) is 3.06. The van der Waals surface area contributed by atoms with Crippen molar-refractivity contribution in [2.75, 3.05) is 20.8 Å². The van der Waals surface area contributed by atoms with E-state index in [1.165, 1.54) is 0 Å². The van der Waals surface area contributed by atoms with Crippen LogP contribution in [0.3, 0.4) is 0 Å². The number of rotatable bonds is 4. The zero-order valence-electron chi connectivity index (χ0n) is 14.3. The molecule has 1 aliphatic heterocycles. The molecule has 126 valence electrons. The molecule has 1 atom stereocenters. The Morgan fingerprint density at radius 2 is 2.25 bits per heavy atom. The highest BCUT2D eigenvalue weighted by Gasteiger charge is 2.29. The van der Waals surface area contributed by atoms with E-state index in [2.05, 4.69) is 4.98 Å². The quantitative estimate of drug-likeness (QED) is 0.867. The first-order valence-electron chi connectivity index (χ1n) is 8.03. The van der Waals surface area contributed by atoms with Gasteiger partial charge in [-0.1, -0.05) is 12.1 Å². The number of carbonyl (C=O) groups excluding carboxylic acids is 1. The lowest BCUT2D eigenvalue weighted by molar-refractivity contribution is -0.136. The molecule has 0 spiro atoms. The molecule has 0 radical (unpaired) electrons. The van der Waals surface area contributed by atoms with Crippen molar-refractivity contribution >= 4 is 5.91 Å². The van der Waals surface area contributed by atoms with Crippen LogP contribution in [-0.4, -0.2) is 36.6 Å². The highest BCUT2D eigenvalue weighted by Crippen LogP contribution is 2.36. The maximum absolute atomic E-state index is 12.8. The summed E-state index contributed by atoms with van der Waals surface area (Å²) >= 11 is 0. The molecule has 1 aliphatic rings. The third-order valence-electron chi connectivity index (χ3n) is 4.28. The second-order valence-corrected chi connectivity index (χ2v) is 6.16. The number of amides is 1. The van der Waals surface area contributed by atoms with Gasteiger partial charge in [0.2, 0.25) is 5.91 Å². The summed E-state index contributed by atoms with van der Waals surface area (Å²) in [5.74, 6) is 1.41. The molecule has 0 fully saturated rings. The van der Waals surface area contributed by atoms with E-state index in [0.717, 1.165) is 28.3 Å². The van der Waals surface area contributed by atoms with E-state index in [9.17, 15) is 4.79 Å². The van der Waals surface area contributed by atoms with E-state index in [-0.39, 0.29) is 11.8 Å². The molecule has 1 aromatic carbocycles. The molecule has 1 amide bonds. The molecule has 0 saturated carbocycles. The fourth-order valence-electron chi connectivity index (χ4n) is 3.08. The number of aryl methyl sites for hydroxylation is 1. The van der Waals surface area contributed by atoms with Crippen molar-refractivity contribution in [3.05, 3.63) is 53.3 Å². The van der Waals surface area contributed by atoms with Gasteiger partial charge in [-0.05, 0) is 42.7 Å². The summed E-state index contributed by atoms with van der Waals surface area (Å²) in [6.07, 6.45) is 2.44. The van der Waals surface area contributed by atoms with Gasteiger partial charge in [-0.15, -0.1) is 0 Å². The SMILES string of the molecule is COc1cccc2c1OC[C@H](C(=O)N(C)Cc1ccnc(C)c1)C2. The zero-order chi connectivity index (χ0) is 17.1. The summed E-state index contributed by atoms with van der Waals surface area (Å²) in [7, 11) is 3.46. The van der Waals surface area contributed by atoms with Crippen LogP contribution < -0.4 is 9.47 Å². The Labute approximate surface area is 142 Å². The molecule has 3 rings (SSSR count). The van der Waals surface area contributed by atoms with Gasteiger partial charge >= 0.3 is 0 Å². The first kappa shape index (κ1) is 16.3. The Morgan fingerprint density at radius 1 is 1.42 bits per heavy atom. The maximum Gasteiger partial charge on any atom is 0.229 e. The van der Waals surface area contributed by atoms with Gasteiger partial charge in [0.25, 0.3) is 0 Å². The summed E-state index contributed by atoms with van der Waals surface area (Å²) in [6, 6.07) is 9.73. The van der Waals surface area contributed by atoms with Gasteiger partial charge in [0.05, 0.1) is 13.0 Å². The van der Waals surface area contributed by atoms with Crippen molar-refractivity contribution in [1.82, 2.24) is 9.88 Å². The van der Waals surface area contributed by atoms with Crippen molar-refractivity contribution in [3.63, 3.8) is 0 Å². The molecule has 2 heterocycles. The number of methoxy groups -OCH3 is 1. The Hall–Kier alpha value is -2.56. The molecule has 24 heavy (non-hydrogen) atoms. The molecule has 5 heteroatoms. The second kappa shape index (κ2) is 6.91. The van der Waals surface area contributed by atoms with Crippen LogP contribution in [0, 0.1) is 12.8 Å². The normalized spacial score (nSPS) is 16.0. The topological polar surface area (TPSA) is 51.7 Å². The van der Waals surface area contributed by atoms with Crippen molar-refractivity contribution in [3.8, 4) is 11.5 Å². The first-order chi connectivity index (χ1) is 11.6. The zero-order valence-corrected chi connectivity index (χ0v) is 14.3. The lowest BCUT2D eigenvalue weighted by atomic mass is 9.95. The molecule has 0 saturated heterocycles. The average molecular weight is 326 g/mol. The largest absolute Gasteiger partial charge is 0.493 e. The van der Waals surface area contributed by atoms with Crippen LogP contribution >= 0.6 is 0 Å². The molecule has 0 N–H and O–H groups in total. The van der Waals surface area contributed by atoms with Crippen LogP contribution in [-0.2, 0) is 17.8 Å². The number of hydrogen-bond donors (Lipinski definition) is 0. The van der Waals surface area contributed by atoms with Crippen LogP contribution in [0.2, 0.25) is 0 Å². The number of nitrogens with zero attached hydrogens (tertiary/aromatic N) is 2. The lowest BCUT2D eigenvalue weighted by Crippen LogP contribution is -2.38. The van der Waals surface area contributed by atoms with Gasteiger partial charge in [-0.3, -0.25) is 9.78 Å². The van der Waals surface area contributed by atoms with Gasteiger partial charge < -0.3 is 14.4 Å². The van der Waals surface area contributed by atoms with E-state index in [1.807, 2.05) is 44.3 Å². The minimum absolute atomic E-state index is 0.0953. The lowest BCUT2D eigenvalue weighted by Gasteiger charge is -2.29. The molecule has 5 nitrogen and oxygen atoms in total. The fraction of sp³-hybridized carbons (Fsp3) is 0.368. The van der Waals surface area contributed by atoms with E-state index in [1.54, 1.807) is 18.2 Å². The number of ether oxygens (including phenoxy) is 2. The fourth-order valence-corrected chi connectivity index (χ4v) is 3.08. The highest BCUT2D eigenvalue weighted by atomic mass is 16.5. The number of fused-ring (bicyclic) bond motifs is 1. The smallest absolute Gasteiger partial charge is 0.229 e. The number of aromatic nitrogens is 1. The summed E-state index contributed by atoms with van der Waals surface area (Å²) < 4.78 is 11.1. The monoisotopic (exact) mass is 326 g/mol. The van der Waals surface area contributed by atoms with E-state index < -0.39 is 0 Å². The van der Waals surface area contributed by atoms with Gasteiger partial charge in [0.15, 0.2) is 11.5 Å². The summed E-state index contributed by atoms with van der Waals surface area (Å²) in [6.45, 7) is 2.90. The highest BCUT2D eigenvalue weighted by molar-refractivity contribution is 5.79. The van der Waals surface area contributed by atoms with Gasteiger partial charge in [-0.2, -0.15) is 0 Å². The summed E-state index contributed by atoms with van der Waals surface area (Å²) in [4.78, 5) is 18.7. The Balaban J connectivity index is 1.69. The van der Waals surface area contributed by atoms with Gasteiger partial charge in [0.1, 0.15) is 6.61 Å². The molecule has 0 unspecified atom stereocenters. The minimum atomic E-state index is -0.169. The maximum atomic E-state index is 12.8. The average Bonchev–Trinajstić information content (AvgIpc) is 2.60. The third kappa shape index (κ3) is 3.35. The molecule has 0 aliphatic carbocycles. The van der Waals surface area contributed by atoms with E-state index >= 15 is 0 Å². The van der Waals surface area contributed by atoms with Crippen LogP contribution in [0.1, 0.15) is 16.8 Å². The Morgan fingerprint density at radius 3 is 3.00 bits per heavy atom. The third-order valence-corrected chi connectivity index (χ3v) is 4.28. The Kier molecular flexibility index (Phi) is 4.69. The number of benzene rings is 1. The second-order valence-electron chi connectivity index (χ2n) is 6.16. The van der Waals surface area contributed by atoms with Crippen LogP contribution in [0.25, 0.3) is 0 Å². The van der Waals surface area contributed by atoms with Crippen LogP contribution in [0.4, 0.5) is 0 Å². The van der Waals surface area contributed by atoms with E-state index in [0.29, 0.717) is 19.6 Å².